The zero-order chi connectivity index (χ0) is 18.7. The molecule has 8 heteroatoms. The Kier molecular flexibility index (Phi) is 4.25. The summed E-state index contributed by atoms with van der Waals surface area (Å²) < 4.78 is 5.78. The van der Waals surface area contributed by atoms with Gasteiger partial charge in [0.05, 0.1) is 24.0 Å². The van der Waals surface area contributed by atoms with Crippen molar-refractivity contribution in [2.45, 2.75) is 50.5 Å². The number of fused-ring (bicyclic) bond motifs is 5. The number of piperazine rings is 1. The van der Waals surface area contributed by atoms with Crippen LogP contribution < -0.4 is 5.32 Å². The Morgan fingerprint density at radius 2 is 1.67 bits per heavy atom. The monoisotopic (exact) mass is 376 g/mol. The Labute approximate surface area is 159 Å². The van der Waals surface area contributed by atoms with E-state index in [2.05, 4.69) is 10.2 Å². The fourth-order valence-electron chi connectivity index (χ4n) is 5.78. The molecule has 5 fully saturated rings. The molecule has 27 heavy (non-hydrogen) atoms. The van der Waals surface area contributed by atoms with E-state index in [1.165, 1.54) is 4.90 Å². The molecule has 0 spiro atoms. The molecule has 5 aliphatic rings. The zero-order valence-corrected chi connectivity index (χ0v) is 15.8. The molecule has 0 aliphatic carbocycles. The van der Waals surface area contributed by atoms with Crippen molar-refractivity contribution in [3.05, 3.63) is 0 Å². The first-order valence-corrected chi connectivity index (χ1v) is 10.3. The van der Waals surface area contributed by atoms with Crippen LogP contribution in [0.25, 0.3) is 0 Å². The summed E-state index contributed by atoms with van der Waals surface area (Å²) in [6.45, 7) is 7.11. The minimum absolute atomic E-state index is 0.0948. The minimum Gasteiger partial charge on any atom is -0.373 e. The first-order chi connectivity index (χ1) is 13.1. The van der Waals surface area contributed by atoms with Gasteiger partial charge in [-0.3, -0.25) is 24.2 Å². The zero-order valence-electron chi connectivity index (χ0n) is 15.8. The third kappa shape index (κ3) is 2.64. The number of hydrogen-bond acceptors (Lipinski definition) is 6. The van der Waals surface area contributed by atoms with Crippen molar-refractivity contribution >= 4 is 17.7 Å². The predicted molar refractivity (Wildman–Crippen MR) is 95.6 cm³/mol. The number of hydrogen-bond donors (Lipinski definition) is 1. The molecule has 148 valence electrons. The maximum absolute atomic E-state index is 13.1. The maximum Gasteiger partial charge on any atom is 0.245 e. The fourth-order valence-corrected chi connectivity index (χ4v) is 5.78. The molecule has 0 saturated carbocycles. The number of likely N-dealkylation sites (tertiary alicyclic amines) is 2. The van der Waals surface area contributed by atoms with Gasteiger partial charge in [-0.2, -0.15) is 0 Å². The molecule has 3 amide bonds. The van der Waals surface area contributed by atoms with Crippen molar-refractivity contribution in [3.63, 3.8) is 0 Å². The van der Waals surface area contributed by atoms with Crippen LogP contribution >= 0.6 is 0 Å². The van der Waals surface area contributed by atoms with Gasteiger partial charge in [-0.1, -0.05) is 0 Å². The molecule has 5 aliphatic heterocycles. The van der Waals surface area contributed by atoms with Crippen molar-refractivity contribution in [2.75, 3.05) is 39.3 Å². The first-order valence-electron chi connectivity index (χ1n) is 10.3. The smallest absolute Gasteiger partial charge is 0.245 e. The summed E-state index contributed by atoms with van der Waals surface area (Å²) in [5.41, 5.74) is 0. The molecular weight excluding hydrogens is 348 g/mol. The normalized spacial score (nSPS) is 40.1. The number of carbonyl (C=O) groups is 3. The van der Waals surface area contributed by atoms with Gasteiger partial charge >= 0.3 is 0 Å². The van der Waals surface area contributed by atoms with Gasteiger partial charge in [0.15, 0.2) is 0 Å². The molecule has 0 aromatic heterocycles. The Bertz CT molecular complexity index is 636. The summed E-state index contributed by atoms with van der Waals surface area (Å²) in [4.78, 5) is 44.4. The van der Waals surface area contributed by atoms with Crippen LogP contribution in [0.15, 0.2) is 0 Å². The van der Waals surface area contributed by atoms with E-state index < -0.39 is 6.04 Å². The highest BCUT2D eigenvalue weighted by Gasteiger charge is 2.63. The fraction of sp³-hybridized carbons (Fsp3) is 0.842. The maximum atomic E-state index is 13.1. The van der Waals surface area contributed by atoms with E-state index in [1.807, 2.05) is 4.90 Å². The molecular formula is C19H28N4O4. The van der Waals surface area contributed by atoms with Gasteiger partial charge in [0.2, 0.25) is 17.7 Å². The van der Waals surface area contributed by atoms with Crippen LogP contribution in [-0.2, 0) is 19.1 Å². The number of ether oxygens (including phenoxy) is 1. The van der Waals surface area contributed by atoms with Crippen molar-refractivity contribution in [3.8, 4) is 0 Å². The lowest BCUT2D eigenvalue weighted by Crippen LogP contribution is -2.52. The van der Waals surface area contributed by atoms with Gasteiger partial charge in [-0.05, 0) is 26.2 Å². The van der Waals surface area contributed by atoms with Crippen molar-refractivity contribution < 1.29 is 19.1 Å². The number of amides is 3. The lowest BCUT2D eigenvalue weighted by Gasteiger charge is -2.33. The highest BCUT2D eigenvalue weighted by Crippen LogP contribution is 2.49. The Balaban J connectivity index is 1.26. The van der Waals surface area contributed by atoms with Gasteiger partial charge in [-0.25, -0.2) is 0 Å². The Morgan fingerprint density at radius 3 is 2.30 bits per heavy atom. The largest absolute Gasteiger partial charge is 0.373 e. The van der Waals surface area contributed by atoms with E-state index in [-0.39, 0.29) is 41.8 Å². The Morgan fingerprint density at radius 1 is 1.04 bits per heavy atom. The highest BCUT2D eigenvalue weighted by atomic mass is 16.5. The number of rotatable bonds is 3. The lowest BCUT2D eigenvalue weighted by atomic mass is 9.81. The van der Waals surface area contributed by atoms with Gasteiger partial charge in [0, 0.05) is 45.3 Å². The molecule has 5 rings (SSSR count). The minimum atomic E-state index is -0.711. The van der Waals surface area contributed by atoms with E-state index in [9.17, 15) is 14.4 Å². The van der Waals surface area contributed by atoms with E-state index in [0.717, 1.165) is 45.4 Å². The van der Waals surface area contributed by atoms with Crippen LogP contribution in [0.1, 0.15) is 26.2 Å². The molecule has 6 unspecified atom stereocenters. The summed E-state index contributed by atoms with van der Waals surface area (Å²) in [7, 11) is 0. The summed E-state index contributed by atoms with van der Waals surface area (Å²) in [5, 5.41) is 3.35. The van der Waals surface area contributed by atoms with E-state index in [1.54, 1.807) is 6.92 Å². The summed E-state index contributed by atoms with van der Waals surface area (Å²) in [6.07, 6.45) is 2.39. The van der Waals surface area contributed by atoms with Crippen LogP contribution in [0.2, 0.25) is 0 Å². The van der Waals surface area contributed by atoms with Gasteiger partial charge in [0.1, 0.15) is 6.04 Å². The number of imide groups is 1. The first kappa shape index (κ1) is 17.6. The lowest BCUT2D eigenvalue weighted by molar-refractivity contribution is -0.152. The molecule has 5 saturated heterocycles. The summed E-state index contributed by atoms with van der Waals surface area (Å²) in [6, 6.07) is -0.325. The molecule has 5 heterocycles. The topological polar surface area (TPSA) is 82.2 Å². The standard InChI is InChI=1S/C19H28N4O4/c1-11(17(24)22-7-4-12(10-22)21-8-5-20-6-9-21)23-18(25)15-13-2-3-14(27-13)16(15)19(23)26/h11-16,20H,2-10H2,1H3. The van der Waals surface area contributed by atoms with Gasteiger partial charge in [-0.15, -0.1) is 0 Å². The van der Waals surface area contributed by atoms with Crippen molar-refractivity contribution in [2.24, 2.45) is 11.8 Å². The van der Waals surface area contributed by atoms with Crippen molar-refractivity contribution in [1.82, 2.24) is 20.0 Å². The van der Waals surface area contributed by atoms with E-state index >= 15 is 0 Å². The average molecular weight is 376 g/mol. The molecule has 0 radical (unpaired) electrons. The number of nitrogens with one attached hydrogen (secondary N) is 1. The van der Waals surface area contributed by atoms with E-state index in [0.29, 0.717) is 19.1 Å². The highest BCUT2D eigenvalue weighted by molar-refractivity contribution is 6.09. The number of nitrogens with zero attached hydrogens (tertiary/aromatic N) is 3. The summed E-state index contributed by atoms with van der Waals surface area (Å²) >= 11 is 0. The Hall–Kier alpha value is -1.51. The third-order valence-electron chi connectivity index (χ3n) is 7.21. The molecule has 2 bridgehead atoms. The summed E-state index contributed by atoms with van der Waals surface area (Å²) in [5.74, 6) is -1.22. The molecule has 0 aromatic carbocycles. The van der Waals surface area contributed by atoms with Crippen LogP contribution in [0.5, 0.6) is 0 Å². The molecule has 6 atom stereocenters. The quantitative estimate of drug-likeness (QED) is 0.639. The average Bonchev–Trinajstić information content (AvgIpc) is 3.45. The number of carbonyl (C=O) groups excluding carboxylic acids is 3. The predicted octanol–water partition coefficient (Wildman–Crippen LogP) is -0.957. The van der Waals surface area contributed by atoms with Crippen LogP contribution in [-0.4, -0.2) is 96.0 Å². The molecule has 1 N–H and O–H groups in total. The second-order valence-electron chi connectivity index (χ2n) is 8.58. The van der Waals surface area contributed by atoms with Gasteiger partial charge in [0.25, 0.3) is 0 Å². The molecule has 0 aromatic rings. The van der Waals surface area contributed by atoms with Crippen molar-refractivity contribution in [1.29, 1.82) is 0 Å². The SMILES string of the molecule is CC(C(=O)N1CCC(N2CCNCC2)C1)N1C(=O)C2C3CCC(O3)C2C1=O. The molecule has 8 nitrogen and oxygen atoms in total. The second-order valence-corrected chi connectivity index (χ2v) is 8.58. The van der Waals surface area contributed by atoms with Crippen LogP contribution in [0.4, 0.5) is 0 Å². The second kappa shape index (κ2) is 6.53. The van der Waals surface area contributed by atoms with Crippen LogP contribution in [0.3, 0.4) is 0 Å². The third-order valence-corrected chi connectivity index (χ3v) is 7.21. The van der Waals surface area contributed by atoms with Gasteiger partial charge < -0.3 is 15.0 Å². The van der Waals surface area contributed by atoms with E-state index in [4.69, 9.17) is 4.74 Å². The van der Waals surface area contributed by atoms with Crippen LogP contribution in [0, 0.1) is 11.8 Å².